The summed E-state index contributed by atoms with van der Waals surface area (Å²) < 4.78 is 29.5. The minimum Gasteiger partial charge on any atom is -0.312 e. The molecule has 2 aromatic heterocycles. The van der Waals surface area contributed by atoms with Crippen molar-refractivity contribution in [1.82, 2.24) is 18.8 Å². The average molecular weight is 419 g/mol. The van der Waals surface area contributed by atoms with Crippen LogP contribution >= 0.6 is 11.6 Å². The molecule has 1 aromatic carbocycles. The Hall–Kier alpha value is -1.96. The molecular formula is C20H23ClN4O2S. The Bertz CT molecular complexity index is 1080. The van der Waals surface area contributed by atoms with Crippen LogP contribution in [0.4, 0.5) is 0 Å². The lowest BCUT2D eigenvalue weighted by atomic mass is 10.1. The molecule has 1 saturated heterocycles. The summed E-state index contributed by atoms with van der Waals surface area (Å²) in [4.78, 5) is 9.27. The Labute approximate surface area is 170 Å². The number of aryl methyl sites for hydroxylation is 1. The number of fused-ring (bicyclic) bond motifs is 1. The first-order valence-corrected chi connectivity index (χ1v) is 11.5. The van der Waals surface area contributed by atoms with Crippen molar-refractivity contribution in [3.8, 4) is 0 Å². The van der Waals surface area contributed by atoms with Crippen molar-refractivity contribution in [3.05, 3.63) is 59.0 Å². The quantitative estimate of drug-likeness (QED) is 0.610. The zero-order valence-electron chi connectivity index (χ0n) is 15.8. The molecule has 0 amide bonds. The van der Waals surface area contributed by atoms with E-state index in [1.54, 1.807) is 34.8 Å². The first-order chi connectivity index (χ1) is 13.5. The zero-order valence-corrected chi connectivity index (χ0v) is 17.3. The Morgan fingerprint density at radius 3 is 2.75 bits per heavy atom. The van der Waals surface area contributed by atoms with Gasteiger partial charge in [-0.15, -0.1) is 0 Å². The summed E-state index contributed by atoms with van der Waals surface area (Å²) >= 11 is 5.90. The first kappa shape index (κ1) is 19.4. The molecule has 0 radical (unpaired) electrons. The van der Waals surface area contributed by atoms with Gasteiger partial charge in [0.05, 0.1) is 5.75 Å². The molecular weight excluding hydrogens is 396 g/mol. The van der Waals surface area contributed by atoms with Crippen molar-refractivity contribution in [2.24, 2.45) is 0 Å². The van der Waals surface area contributed by atoms with Gasteiger partial charge >= 0.3 is 0 Å². The van der Waals surface area contributed by atoms with Crippen LogP contribution in [0.5, 0.6) is 0 Å². The highest BCUT2D eigenvalue weighted by Gasteiger charge is 2.34. The molecule has 0 bridgehead atoms. The number of aromatic nitrogens is 3. The van der Waals surface area contributed by atoms with Gasteiger partial charge in [-0.05, 0) is 42.7 Å². The molecule has 1 atom stereocenters. The largest absolute Gasteiger partial charge is 0.312 e. The summed E-state index contributed by atoms with van der Waals surface area (Å²) in [6, 6.07) is 10.8. The molecule has 0 unspecified atom stereocenters. The maximum Gasteiger partial charge on any atom is 0.218 e. The Kier molecular flexibility index (Phi) is 5.40. The van der Waals surface area contributed by atoms with Gasteiger partial charge in [0.15, 0.2) is 5.65 Å². The van der Waals surface area contributed by atoms with Crippen LogP contribution in [-0.4, -0.2) is 40.3 Å². The smallest absolute Gasteiger partial charge is 0.218 e. The number of sulfonamides is 1. The Morgan fingerprint density at radius 1 is 1.21 bits per heavy atom. The summed E-state index contributed by atoms with van der Waals surface area (Å²) in [5.74, 6) is 1.02. The van der Waals surface area contributed by atoms with Crippen molar-refractivity contribution < 1.29 is 8.42 Å². The van der Waals surface area contributed by atoms with Crippen molar-refractivity contribution in [3.63, 3.8) is 0 Å². The van der Waals surface area contributed by atoms with E-state index in [4.69, 9.17) is 16.6 Å². The molecule has 1 aliphatic rings. The summed E-state index contributed by atoms with van der Waals surface area (Å²) in [6.07, 6.45) is 3.52. The molecule has 8 heteroatoms. The standard InChI is InChI=1S/C20H23ClN4O2S/c1-2-11-25-19(23-18-4-3-10-22-20(18)25)16-9-12-24(13-16)28(26,27)14-15-5-7-17(21)8-6-15/h3-8,10,16H,2,9,11-14H2,1H3/t16-/m1/s1. The Balaban J connectivity index is 1.56. The number of nitrogens with zero attached hydrogens (tertiary/aromatic N) is 4. The molecule has 4 rings (SSSR count). The summed E-state index contributed by atoms with van der Waals surface area (Å²) in [7, 11) is -3.38. The number of benzene rings is 1. The summed E-state index contributed by atoms with van der Waals surface area (Å²) in [5, 5.41) is 0.603. The maximum absolute atomic E-state index is 12.9. The van der Waals surface area contributed by atoms with Gasteiger partial charge in [0.25, 0.3) is 0 Å². The van der Waals surface area contributed by atoms with E-state index in [1.807, 2.05) is 12.1 Å². The van der Waals surface area contributed by atoms with E-state index in [0.717, 1.165) is 41.9 Å². The maximum atomic E-state index is 12.9. The molecule has 0 spiro atoms. The topological polar surface area (TPSA) is 68.1 Å². The molecule has 3 heterocycles. The normalized spacial score (nSPS) is 18.1. The first-order valence-electron chi connectivity index (χ1n) is 9.51. The molecule has 3 aromatic rings. The number of halogens is 1. The molecule has 6 nitrogen and oxygen atoms in total. The average Bonchev–Trinajstić information content (AvgIpc) is 3.30. The molecule has 1 fully saturated rings. The molecule has 28 heavy (non-hydrogen) atoms. The fourth-order valence-electron chi connectivity index (χ4n) is 3.81. The Morgan fingerprint density at radius 2 is 2.00 bits per heavy atom. The number of pyridine rings is 1. The number of hydrogen-bond acceptors (Lipinski definition) is 4. The number of imidazole rings is 1. The molecule has 148 valence electrons. The van der Waals surface area contributed by atoms with E-state index < -0.39 is 10.0 Å². The van der Waals surface area contributed by atoms with Crippen LogP contribution in [0, 0.1) is 0 Å². The van der Waals surface area contributed by atoms with Crippen LogP contribution in [0.2, 0.25) is 5.02 Å². The van der Waals surface area contributed by atoms with Gasteiger partial charge in [-0.1, -0.05) is 30.7 Å². The molecule has 0 N–H and O–H groups in total. The van der Waals surface area contributed by atoms with E-state index in [1.165, 1.54) is 0 Å². The highest BCUT2D eigenvalue weighted by atomic mass is 35.5. The van der Waals surface area contributed by atoms with Crippen molar-refractivity contribution in [2.75, 3.05) is 13.1 Å². The fourth-order valence-corrected chi connectivity index (χ4v) is 5.52. The van der Waals surface area contributed by atoms with Crippen LogP contribution in [-0.2, 0) is 22.3 Å². The molecule has 1 aliphatic heterocycles. The second-order valence-corrected chi connectivity index (χ2v) is 9.60. The SMILES string of the molecule is CCCn1c([C@@H]2CCN(S(=O)(=O)Cc3ccc(Cl)cc3)C2)nc2cccnc21. The van der Waals surface area contributed by atoms with Crippen LogP contribution in [0.1, 0.15) is 37.1 Å². The van der Waals surface area contributed by atoms with Gasteiger partial charge in [-0.25, -0.2) is 22.7 Å². The van der Waals surface area contributed by atoms with Gasteiger partial charge in [0.2, 0.25) is 10.0 Å². The minimum atomic E-state index is -3.38. The lowest BCUT2D eigenvalue weighted by Gasteiger charge is -2.17. The van der Waals surface area contributed by atoms with Crippen molar-refractivity contribution in [1.29, 1.82) is 0 Å². The van der Waals surface area contributed by atoms with Gasteiger partial charge in [0.1, 0.15) is 11.3 Å². The van der Waals surface area contributed by atoms with Crippen LogP contribution in [0.15, 0.2) is 42.6 Å². The van der Waals surface area contributed by atoms with Crippen LogP contribution in [0.25, 0.3) is 11.2 Å². The van der Waals surface area contributed by atoms with Crippen LogP contribution < -0.4 is 0 Å². The lowest BCUT2D eigenvalue weighted by Crippen LogP contribution is -2.30. The second kappa shape index (κ2) is 7.81. The fraction of sp³-hybridized carbons (Fsp3) is 0.400. The van der Waals surface area contributed by atoms with E-state index in [2.05, 4.69) is 16.5 Å². The zero-order chi connectivity index (χ0) is 19.7. The highest BCUT2D eigenvalue weighted by Crippen LogP contribution is 2.31. The van der Waals surface area contributed by atoms with E-state index in [9.17, 15) is 8.42 Å². The van der Waals surface area contributed by atoms with E-state index in [-0.39, 0.29) is 11.7 Å². The minimum absolute atomic E-state index is 0.0101. The predicted molar refractivity (Wildman–Crippen MR) is 111 cm³/mol. The van der Waals surface area contributed by atoms with Crippen LogP contribution in [0.3, 0.4) is 0 Å². The predicted octanol–water partition coefficient (Wildman–Crippen LogP) is 3.81. The van der Waals surface area contributed by atoms with Crippen molar-refractivity contribution >= 4 is 32.8 Å². The highest BCUT2D eigenvalue weighted by molar-refractivity contribution is 7.88. The van der Waals surface area contributed by atoms with Crippen molar-refractivity contribution in [2.45, 2.75) is 38.0 Å². The van der Waals surface area contributed by atoms with E-state index in [0.29, 0.717) is 18.1 Å². The third kappa shape index (κ3) is 3.79. The van der Waals surface area contributed by atoms with E-state index >= 15 is 0 Å². The third-order valence-electron chi connectivity index (χ3n) is 5.15. The third-order valence-corrected chi connectivity index (χ3v) is 7.22. The van der Waals surface area contributed by atoms with Gasteiger partial charge in [-0.3, -0.25) is 0 Å². The summed E-state index contributed by atoms with van der Waals surface area (Å²) in [6.45, 7) is 3.93. The number of rotatable bonds is 6. The number of hydrogen-bond donors (Lipinski definition) is 0. The monoisotopic (exact) mass is 418 g/mol. The molecule has 0 aliphatic carbocycles. The second-order valence-electron chi connectivity index (χ2n) is 7.19. The van der Waals surface area contributed by atoms with Gasteiger partial charge < -0.3 is 4.57 Å². The summed E-state index contributed by atoms with van der Waals surface area (Å²) in [5.41, 5.74) is 2.49. The molecule has 0 saturated carbocycles. The van der Waals surface area contributed by atoms with Gasteiger partial charge in [0, 0.05) is 36.8 Å². The van der Waals surface area contributed by atoms with Gasteiger partial charge in [-0.2, -0.15) is 0 Å². The lowest BCUT2D eigenvalue weighted by molar-refractivity contribution is 0.468.